The summed E-state index contributed by atoms with van der Waals surface area (Å²) in [6.45, 7) is 13.3. The van der Waals surface area contributed by atoms with E-state index in [1.807, 2.05) is 84.9 Å². The lowest BCUT2D eigenvalue weighted by atomic mass is 9.72. The fourth-order valence-corrected chi connectivity index (χ4v) is 5.10. The van der Waals surface area contributed by atoms with Crippen LogP contribution in [0.4, 0.5) is 11.4 Å². The molecule has 0 aliphatic rings. The summed E-state index contributed by atoms with van der Waals surface area (Å²) >= 11 is 0. The van der Waals surface area contributed by atoms with Crippen LogP contribution in [0.2, 0.25) is 0 Å². The third-order valence-electron chi connectivity index (χ3n) is 7.20. The lowest BCUT2D eigenvalue weighted by molar-refractivity contribution is 0.466. The van der Waals surface area contributed by atoms with E-state index in [4.69, 9.17) is 0 Å². The van der Waals surface area contributed by atoms with Crippen molar-refractivity contribution in [2.75, 3.05) is 10.6 Å². The first-order valence-corrected chi connectivity index (χ1v) is 13.3. The Balaban J connectivity index is 1.76. The van der Waals surface area contributed by atoms with Crippen molar-refractivity contribution < 1.29 is 10.2 Å². The molecule has 0 saturated heterocycles. The standard InChI is InChI=1S/C35H38N2O2/c1-5-13-25-21-33(38)27(23-36-29-15-9-7-10-16-29)19-31(25)35(3,4)32-20-28(34(39)22-26(32)14-6-2)24-37-30-17-11-8-12-18-30/h5-12,15-22,36-39H,1-2,13-14,23-24H2,3-4H3. The van der Waals surface area contributed by atoms with E-state index in [1.165, 1.54) is 0 Å². The van der Waals surface area contributed by atoms with Crippen LogP contribution in [0.15, 0.2) is 110 Å². The van der Waals surface area contributed by atoms with Crippen molar-refractivity contribution in [3.63, 3.8) is 0 Å². The molecule has 0 bridgehead atoms. The van der Waals surface area contributed by atoms with Crippen LogP contribution in [-0.4, -0.2) is 10.2 Å². The van der Waals surface area contributed by atoms with Crippen molar-refractivity contribution in [3.05, 3.63) is 144 Å². The highest BCUT2D eigenvalue weighted by Crippen LogP contribution is 2.41. The van der Waals surface area contributed by atoms with Crippen LogP contribution < -0.4 is 10.6 Å². The largest absolute Gasteiger partial charge is 0.508 e. The Kier molecular flexibility index (Phi) is 8.77. The van der Waals surface area contributed by atoms with Gasteiger partial charge >= 0.3 is 0 Å². The van der Waals surface area contributed by atoms with Crippen molar-refractivity contribution in [2.24, 2.45) is 0 Å². The Morgan fingerprint density at radius 1 is 0.615 bits per heavy atom. The number of para-hydroxylation sites is 2. The second kappa shape index (κ2) is 12.4. The van der Waals surface area contributed by atoms with E-state index < -0.39 is 5.41 Å². The van der Waals surface area contributed by atoms with E-state index in [1.54, 1.807) is 0 Å². The van der Waals surface area contributed by atoms with E-state index in [0.29, 0.717) is 25.9 Å². The summed E-state index contributed by atoms with van der Waals surface area (Å²) in [6.07, 6.45) is 5.01. The monoisotopic (exact) mass is 518 g/mol. The van der Waals surface area contributed by atoms with E-state index in [2.05, 4.69) is 49.8 Å². The number of anilines is 2. The lowest BCUT2D eigenvalue weighted by Gasteiger charge is -2.32. The molecule has 0 unspecified atom stereocenters. The summed E-state index contributed by atoms with van der Waals surface area (Å²) in [5.74, 6) is 0.527. The molecule has 0 aromatic heterocycles. The summed E-state index contributed by atoms with van der Waals surface area (Å²) in [6, 6.07) is 27.9. The van der Waals surface area contributed by atoms with E-state index in [9.17, 15) is 10.2 Å². The van der Waals surface area contributed by atoms with Gasteiger partial charge in [0.1, 0.15) is 11.5 Å². The fraction of sp³-hybridized carbons (Fsp3) is 0.200. The topological polar surface area (TPSA) is 64.5 Å². The van der Waals surface area contributed by atoms with Crippen LogP contribution in [0, 0.1) is 0 Å². The highest BCUT2D eigenvalue weighted by atomic mass is 16.3. The summed E-state index contributed by atoms with van der Waals surface area (Å²) in [5.41, 5.74) is 7.49. The normalized spacial score (nSPS) is 11.1. The number of rotatable bonds is 12. The number of phenols is 2. The molecule has 4 aromatic rings. The predicted octanol–water partition coefficient (Wildman–Crippen LogP) is 8.10. The third-order valence-corrected chi connectivity index (χ3v) is 7.20. The molecule has 4 nitrogen and oxygen atoms in total. The van der Waals surface area contributed by atoms with Gasteiger partial charge in [0.15, 0.2) is 0 Å². The highest BCUT2D eigenvalue weighted by Gasteiger charge is 2.30. The molecule has 0 atom stereocenters. The molecule has 0 radical (unpaired) electrons. The van der Waals surface area contributed by atoms with Gasteiger partial charge in [0.05, 0.1) is 0 Å². The first-order valence-electron chi connectivity index (χ1n) is 13.3. The van der Waals surface area contributed by atoms with Crippen molar-refractivity contribution >= 4 is 11.4 Å². The van der Waals surface area contributed by atoms with Gasteiger partial charge in [0, 0.05) is 41.0 Å². The predicted molar refractivity (Wildman–Crippen MR) is 164 cm³/mol. The smallest absolute Gasteiger partial charge is 0.120 e. The van der Waals surface area contributed by atoms with Gasteiger partial charge in [0.2, 0.25) is 0 Å². The van der Waals surface area contributed by atoms with Gasteiger partial charge < -0.3 is 20.8 Å². The number of allylic oxidation sites excluding steroid dienone is 2. The van der Waals surface area contributed by atoms with E-state index >= 15 is 0 Å². The molecule has 0 aliphatic carbocycles. The minimum Gasteiger partial charge on any atom is -0.508 e. The number of phenolic OH excluding ortho intramolecular Hbond substituents is 2. The SMILES string of the molecule is C=CCc1cc(O)c(CNc2ccccc2)cc1C(C)(C)c1cc(CNc2ccccc2)c(O)cc1CC=C. The Labute approximate surface area is 232 Å². The molecular weight excluding hydrogens is 480 g/mol. The second-order valence-corrected chi connectivity index (χ2v) is 10.3. The van der Waals surface area contributed by atoms with Crippen LogP contribution >= 0.6 is 0 Å². The first-order chi connectivity index (χ1) is 18.8. The third kappa shape index (κ3) is 6.53. The Bertz CT molecular complexity index is 1320. The van der Waals surface area contributed by atoms with Crippen LogP contribution in [0.25, 0.3) is 0 Å². The number of hydrogen-bond donors (Lipinski definition) is 4. The quantitative estimate of drug-likeness (QED) is 0.143. The Hall–Kier alpha value is -4.44. The maximum atomic E-state index is 10.9. The highest BCUT2D eigenvalue weighted by molar-refractivity contribution is 5.56. The van der Waals surface area contributed by atoms with Crippen molar-refractivity contribution in [3.8, 4) is 11.5 Å². The van der Waals surface area contributed by atoms with Crippen LogP contribution in [-0.2, 0) is 31.3 Å². The van der Waals surface area contributed by atoms with Crippen molar-refractivity contribution in [1.29, 1.82) is 0 Å². The average Bonchev–Trinajstić information content (AvgIpc) is 2.93. The number of hydrogen-bond acceptors (Lipinski definition) is 4. The number of nitrogens with one attached hydrogen (secondary N) is 2. The first kappa shape index (κ1) is 27.6. The maximum absolute atomic E-state index is 10.9. The zero-order valence-corrected chi connectivity index (χ0v) is 22.9. The minimum absolute atomic E-state index is 0.264. The van der Waals surface area contributed by atoms with Gasteiger partial charge in [-0.15, -0.1) is 13.2 Å². The molecule has 0 spiro atoms. The molecule has 4 rings (SSSR count). The maximum Gasteiger partial charge on any atom is 0.120 e. The molecule has 4 N–H and O–H groups in total. The summed E-state index contributed by atoms with van der Waals surface area (Å²) in [7, 11) is 0. The molecule has 4 heteroatoms. The molecule has 0 heterocycles. The fourth-order valence-electron chi connectivity index (χ4n) is 5.10. The lowest BCUT2D eigenvalue weighted by Crippen LogP contribution is -2.24. The Morgan fingerprint density at radius 2 is 1.00 bits per heavy atom. The number of benzene rings is 4. The van der Waals surface area contributed by atoms with Gasteiger partial charge in [-0.05, 0) is 83.6 Å². The molecule has 39 heavy (non-hydrogen) atoms. The zero-order valence-electron chi connectivity index (χ0n) is 22.9. The van der Waals surface area contributed by atoms with Gasteiger partial charge in [-0.1, -0.05) is 62.4 Å². The van der Waals surface area contributed by atoms with Gasteiger partial charge in [-0.3, -0.25) is 0 Å². The number of aromatic hydroxyl groups is 2. The summed E-state index contributed by atoms with van der Waals surface area (Å²) in [4.78, 5) is 0. The molecule has 0 saturated carbocycles. The van der Waals surface area contributed by atoms with Crippen LogP contribution in [0.1, 0.15) is 47.2 Å². The molecule has 4 aromatic carbocycles. The van der Waals surface area contributed by atoms with E-state index in [0.717, 1.165) is 44.8 Å². The molecule has 0 aliphatic heterocycles. The summed E-state index contributed by atoms with van der Waals surface area (Å²) < 4.78 is 0. The Morgan fingerprint density at radius 3 is 1.36 bits per heavy atom. The zero-order chi connectivity index (χ0) is 27.8. The molecule has 0 amide bonds. The minimum atomic E-state index is -0.429. The van der Waals surface area contributed by atoms with Gasteiger partial charge in [0.25, 0.3) is 0 Å². The second-order valence-electron chi connectivity index (χ2n) is 10.3. The molecule has 200 valence electrons. The molecule has 0 fully saturated rings. The van der Waals surface area contributed by atoms with E-state index in [-0.39, 0.29) is 11.5 Å². The van der Waals surface area contributed by atoms with Crippen molar-refractivity contribution in [1.82, 2.24) is 0 Å². The van der Waals surface area contributed by atoms with Crippen LogP contribution in [0.3, 0.4) is 0 Å². The van der Waals surface area contributed by atoms with Gasteiger partial charge in [-0.25, -0.2) is 0 Å². The molecular formula is C35H38N2O2. The van der Waals surface area contributed by atoms with Crippen LogP contribution in [0.5, 0.6) is 11.5 Å². The van der Waals surface area contributed by atoms with Gasteiger partial charge in [-0.2, -0.15) is 0 Å². The van der Waals surface area contributed by atoms with Crippen molar-refractivity contribution in [2.45, 2.75) is 45.2 Å². The summed E-state index contributed by atoms with van der Waals surface area (Å²) in [5, 5.41) is 28.7. The average molecular weight is 519 g/mol.